The lowest BCUT2D eigenvalue weighted by Gasteiger charge is -2.01. The van der Waals surface area contributed by atoms with Crippen molar-refractivity contribution < 1.29 is 14.6 Å². The fourth-order valence-electron chi connectivity index (χ4n) is 1.04. The van der Waals surface area contributed by atoms with E-state index < -0.39 is 0 Å². The maximum atomic E-state index is 11.0. The monoisotopic (exact) mass is 188 g/mol. The predicted octanol–water partition coefficient (Wildman–Crippen LogP) is 1.53. The van der Waals surface area contributed by atoms with Gasteiger partial charge >= 0.3 is 0 Å². The molecule has 0 aliphatic heterocycles. The zero-order valence-electron chi connectivity index (χ0n) is 8.42. The second kappa shape index (κ2) is 9.68. The quantitative estimate of drug-likeness (QED) is 0.558. The summed E-state index contributed by atoms with van der Waals surface area (Å²) in [7, 11) is 0. The Hall–Kier alpha value is -0.410. The van der Waals surface area contributed by atoms with Gasteiger partial charge in [0.1, 0.15) is 5.78 Å². The van der Waals surface area contributed by atoms with E-state index in [0.717, 1.165) is 12.8 Å². The third kappa shape index (κ3) is 9.50. The minimum Gasteiger partial charge on any atom is -0.396 e. The van der Waals surface area contributed by atoms with E-state index in [1.54, 1.807) is 0 Å². The van der Waals surface area contributed by atoms with Crippen LogP contribution in [0.25, 0.3) is 0 Å². The third-order valence-electron chi connectivity index (χ3n) is 1.72. The summed E-state index contributed by atoms with van der Waals surface area (Å²) in [6.45, 7) is 3.42. The molecule has 0 aromatic carbocycles. The molecule has 3 heteroatoms. The molecule has 13 heavy (non-hydrogen) atoms. The van der Waals surface area contributed by atoms with Gasteiger partial charge in [0.2, 0.25) is 0 Å². The summed E-state index contributed by atoms with van der Waals surface area (Å²) in [6.07, 6.45) is 3.75. The van der Waals surface area contributed by atoms with Gasteiger partial charge in [-0.25, -0.2) is 0 Å². The van der Waals surface area contributed by atoms with Crippen molar-refractivity contribution in [2.75, 3.05) is 19.8 Å². The standard InChI is InChI=1S/C10H20O3/c1-2-5-10(12)6-3-8-13-9-4-7-11/h11H,2-9H2,1H3. The first-order chi connectivity index (χ1) is 6.31. The first-order valence-corrected chi connectivity index (χ1v) is 5.01. The van der Waals surface area contributed by atoms with E-state index in [1.807, 2.05) is 6.92 Å². The summed E-state index contributed by atoms with van der Waals surface area (Å²) < 4.78 is 5.19. The highest BCUT2D eigenvalue weighted by Gasteiger charge is 1.99. The second-order valence-corrected chi connectivity index (χ2v) is 3.08. The second-order valence-electron chi connectivity index (χ2n) is 3.08. The zero-order chi connectivity index (χ0) is 9.94. The molecule has 0 bridgehead atoms. The molecular weight excluding hydrogens is 168 g/mol. The van der Waals surface area contributed by atoms with E-state index in [1.165, 1.54) is 0 Å². The molecule has 0 heterocycles. The highest BCUT2D eigenvalue weighted by Crippen LogP contribution is 1.98. The van der Waals surface area contributed by atoms with Crippen LogP contribution in [0.3, 0.4) is 0 Å². The van der Waals surface area contributed by atoms with Crippen molar-refractivity contribution >= 4 is 5.78 Å². The Morgan fingerprint density at radius 3 is 2.54 bits per heavy atom. The van der Waals surface area contributed by atoms with Gasteiger partial charge in [-0.05, 0) is 19.3 Å². The summed E-state index contributed by atoms with van der Waals surface area (Å²) in [5.74, 6) is 0.327. The van der Waals surface area contributed by atoms with Crippen LogP contribution in [-0.2, 0) is 9.53 Å². The molecule has 1 N–H and O–H groups in total. The Morgan fingerprint density at radius 2 is 1.92 bits per heavy atom. The minimum absolute atomic E-state index is 0.175. The molecule has 0 saturated carbocycles. The predicted molar refractivity (Wildman–Crippen MR) is 51.7 cm³/mol. The van der Waals surface area contributed by atoms with E-state index in [-0.39, 0.29) is 6.61 Å². The molecule has 3 nitrogen and oxygen atoms in total. The molecule has 78 valence electrons. The van der Waals surface area contributed by atoms with Crippen LogP contribution < -0.4 is 0 Å². The Labute approximate surface area is 80.1 Å². The fraction of sp³-hybridized carbons (Fsp3) is 0.900. The van der Waals surface area contributed by atoms with Gasteiger partial charge < -0.3 is 9.84 Å². The first-order valence-electron chi connectivity index (χ1n) is 5.01. The number of ether oxygens (including phenoxy) is 1. The largest absolute Gasteiger partial charge is 0.396 e. The van der Waals surface area contributed by atoms with Gasteiger partial charge in [0.25, 0.3) is 0 Å². The van der Waals surface area contributed by atoms with Gasteiger partial charge in [0, 0.05) is 32.7 Å². The number of ketones is 1. The maximum Gasteiger partial charge on any atom is 0.132 e. The number of carbonyl (C=O) groups excluding carboxylic acids is 1. The van der Waals surface area contributed by atoms with Gasteiger partial charge in [0.05, 0.1) is 0 Å². The van der Waals surface area contributed by atoms with E-state index in [0.29, 0.717) is 38.3 Å². The Kier molecular flexibility index (Phi) is 9.37. The molecule has 0 rings (SSSR count). The van der Waals surface area contributed by atoms with E-state index in [4.69, 9.17) is 9.84 Å². The number of hydrogen-bond donors (Lipinski definition) is 1. The van der Waals surface area contributed by atoms with Crippen LogP contribution in [0.2, 0.25) is 0 Å². The minimum atomic E-state index is 0.175. The molecule has 0 spiro atoms. The van der Waals surface area contributed by atoms with Gasteiger partial charge in [-0.2, -0.15) is 0 Å². The van der Waals surface area contributed by atoms with Crippen molar-refractivity contribution in [3.05, 3.63) is 0 Å². The number of carbonyl (C=O) groups is 1. The van der Waals surface area contributed by atoms with Crippen molar-refractivity contribution in [3.63, 3.8) is 0 Å². The Morgan fingerprint density at radius 1 is 1.23 bits per heavy atom. The lowest BCUT2D eigenvalue weighted by Crippen LogP contribution is -2.02. The number of aliphatic hydroxyl groups excluding tert-OH is 1. The number of hydrogen-bond acceptors (Lipinski definition) is 3. The normalized spacial score (nSPS) is 10.3. The van der Waals surface area contributed by atoms with E-state index in [9.17, 15) is 4.79 Å². The van der Waals surface area contributed by atoms with Crippen LogP contribution in [0.4, 0.5) is 0 Å². The number of aliphatic hydroxyl groups is 1. The van der Waals surface area contributed by atoms with Crippen LogP contribution in [0.1, 0.15) is 39.0 Å². The van der Waals surface area contributed by atoms with Crippen LogP contribution in [0, 0.1) is 0 Å². The highest BCUT2D eigenvalue weighted by atomic mass is 16.5. The van der Waals surface area contributed by atoms with Gasteiger partial charge in [-0.15, -0.1) is 0 Å². The van der Waals surface area contributed by atoms with Crippen molar-refractivity contribution in [2.24, 2.45) is 0 Å². The van der Waals surface area contributed by atoms with Gasteiger partial charge in [-0.3, -0.25) is 4.79 Å². The average molecular weight is 188 g/mol. The molecular formula is C10H20O3. The third-order valence-corrected chi connectivity index (χ3v) is 1.72. The van der Waals surface area contributed by atoms with E-state index in [2.05, 4.69) is 0 Å². The molecule has 0 atom stereocenters. The van der Waals surface area contributed by atoms with Gasteiger partial charge in [0.15, 0.2) is 0 Å². The lowest BCUT2D eigenvalue weighted by atomic mass is 10.1. The molecule has 0 aliphatic rings. The Bertz CT molecular complexity index is 123. The van der Waals surface area contributed by atoms with Crippen molar-refractivity contribution in [1.82, 2.24) is 0 Å². The van der Waals surface area contributed by atoms with Gasteiger partial charge in [-0.1, -0.05) is 6.92 Å². The smallest absolute Gasteiger partial charge is 0.132 e. The van der Waals surface area contributed by atoms with Crippen molar-refractivity contribution in [1.29, 1.82) is 0 Å². The molecule has 0 aromatic rings. The fourth-order valence-corrected chi connectivity index (χ4v) is 1.04. The first kappa shape index (κ1) is 12.6. The van der Waals surface area contributed by atoms with Crippen LogP contribution >= 0.6 is 0 Å². The van der Waals surface area contributed by atoms with Crippen molar-refractivity contribution in [2.45, 2.75) is 39.0 Å². The summed E-state index contributed by atoms with van der Waals surface area (Å²) >= 11 is 0. The average Bonchev–Trinajstić information content (AvgIpc) is 2.11. The maximum absolute atomic E-state index is 11.0. The molecule has 0 amide bonds. The molecule has 0 unspecified atom stereocenters. The SMILES string of the molecule is CCCC(=O)CCCOCCCO. The zero-order valence-corrected chi connectivity index (χ0v) is 8.42. The van der Waals surface area contributed by atoms with Crippen LogP contribution in [-0.4, -0.2) is 30.7 Å². The molecule has 0 saturated heterocycles. The summed E-state index contributed by atoms with van der Waals surface area (Å²) in [5.41, 5.74) is 0. The van der Waals surface area contributed by atoms with E-state index >= 15 is 0 Å². The highest BCUT2D eigenvalue weighted by molar-refractivity contribution is 5.78. The molecule has 0 aliphatic carbocycles. The Balaban J connectivity index is 3.02. The molecule has 0 aromatic heterocycles. The number of Topliss-reactive ketones (excluding diaryl/α,β-unsaturated/α-hetero) is 1. The molecule has 0 radical (unpaired) electrons. The summed E-state index contributed by atoms with van der Waals surface area (Å²) in [4.78, 5) is 11.0. The van der Waals surface area contributed by atoms with Crippen LogP contribution in [0.5, 0.6) is 0 Å². The topological polar surface area (TPSA) is 46.5 Å². The molecule has 0 fully saturated rings. The number of rotatable bonds is 9. The summed E-state index contributed by atoms with van der Waals surface area (Å²) in [5, 5.41) is 8.45. The van der Waals surface area contributed by atoms with Crippen LogP contribution in [0.15, 0.2) is 0 Å². The van der Waals surface area contributed by atoms with Crippen molar-refractivity contribution in [3.8, 4) is 0 Å². The lowest BCUT2D eigenvalue weighted by molar-refractivity contribution is -0.119. The summed E-state index contributed by atoms with van der Waals surface area (Å²) in [6, 6.07) is 0.